The molecule has 1 amide bonds. The first-order valence-electron chi connectivity index (χ1n) is 3.87. The van der Waals surface area contributed by atoms with E-state index >= 15 is 0 Å². The third-order valence-corrected chi connectivity index (χ3v) is 1.29. The lowest BCUT2D eigenvalue weighted by Gasteiger charge is -2.02. The van der Waals surface area contributed by atoms with E-state index in [9.17, 15) is 4.79 Å². The fourth-order valence-corrected chi connectivity index (χ4v) is 0.651. The largest absolute Gasteiger partial charge is 0.382 e. The van der Waals surface area contributed by atoms with E-state index in [1.165, 1.54) is 0 Å². The Balaban J connectivity index is 2.95. The van der Waals surface area contributed by atoms with Crippen LogP contribution in [0, 0.1) is 0 Å². The van der Waals surface area contributed by atoms with E-state index in [1.54, 1.807) is 7.11 Å². The summed E-state index contributed by atoms with van der Waals surface area (Å²) in [6.07, 6.45) is 1.09. The van der Waals surface area contributed by atoms with Crippen molar-refractivity contribution in [3.05, 3.63) is 0 Å². The van der Waals surface area contributed by atoms with Gasteiger partial charge in [-0.1, -0.05) is 0 Å². The van der Waals surface area contributed by atoms with Gasteiger partial charge in [-0.15, -0.1) is 0 Å². The molecule has 0 fully saturated rings. The third-order valence-electron chi connectivity index (χ3n) is 1.29. The summed E-state index contributed by atoms with van der Waals surface area (Å²) in [7, 11) is 1.62. The van der Waals surface area contributed by atoms with E-state index in [2.05, 4.69) is 0 Å². The fraction of sp³-hybridized carbons (Fsp3) is 0.857. The molecule has 12 heavy (non-hydrogen) atoms. The predicted octanol–water partition coefficient (Wildman–Crippen LogP) is -0.580. The maximum Gasteiger partial charge on any atom is 0.233 e. The molecule has 0 saturated heterocycles. The van der Waals surface area contributed by atoms with E-state index < -0.39 is 0 Å². The molecule has 72 valence electrons. The maximum absolute atomic E-state index is 10.6. The Morgan fingerprint density at radius 2 is 2.17 bits per heavy atom. The monoisotopic (exact) mass is 176 g/mol. The Kier molecular flexibility index (Phi) is 7.99. The molecule has 0 aliphatic rings. The number of methoxy groups -OCH3 is 1. The van der Waals surface area contributed by atoms with E-state index in [0.29, 0.717) is 32.7 Å². The molecule has 0 aromatic heterocycles. The van der Waals surface area contributed by atoms with Crippen molar-refractivity contribution in [2.24, 2.45) is 5.84 Å². The van der Waals surface area contributed by atoms with Gasteiger partial charge in [-0.2, -0.15) is 0 Å². The van der Waals surface area contributed by atoms with Crippen LogP contribution >= 0.6 is 0 Å². The molecule has 0 bridgehead atoms. The SMILES string of the molecule is COCCOCCCC(=O)NN. The average molecular weight is 176 g/mol. The molecule has 0 unspecified atom stereocenters. The molecular formula is C7H16N2O3. The average Bonchev–Trinajstić information content (AvgIpc) is 2.10. The fourth-order valence-electron chi connectivity index (χ4n) is 0.651. The van der Waals surface area contributed by atoms with Crippen LogP contribution in [-0.2, 0) is 14.3 Å². The molecule has 0 aromatic rings. The van der Waals surface area contributed by atoms with Crippen LogP contribution in [-0.4, -0.2) is 32.8 Å². The summed E-state index contributed by atoms with van der Waals surface area (Å²) in [6.45, 7) is 1.72. The van der Waals surface area contributed by atoms with Crippen LogP contribution in [0.2, 0.25) is 0 Å². The number of hydrazine groups is 1. The quantitative estimate of drug-likeness (QED) is 0.235. The van der Waals surface area contributed by atoms with Crippen LogP contribution in [0.3, 0.4) is 0 Å². The van der Waals surface area contributed by atoms with Gasteiger partial charge in [0.15, 0.2) is 0 Å². The molecule has 0 rings (SSSR count). The zero-order chi connectivity index (χ0) is 9.23. The first kappa shape index (κ1) is 11.4. The van der Waals surface area contributed by atoms with Crippen LogP contribution in [0.1, 0.15) is 12.8 Å². The van der Waals surface area contributed by atoms with Gasteiger partial charge < -0.3 is 9.47 Å². The van der Waals surface area contributed by atoms with Gasteiger partial charge in [-0.05, 0) is 6.42 Å². The van der Waals surface area contributed by atoms with Crippen LogP contribution in [0.25, 0.3) is 0 Å². The maximum atomic E-state index is 10.6. The molecule has 0 aliphatic heterocycles. The Morgan fingerprint density at radius 3 is 2.75 bits per heavy atom. The number of hydrogen-bond acceptors (Lipinski definition) is 4. The highest BCUT2D eigenvalue weighted by molar-refractivity contribution is 5.75. The van der Waals surface area contributed by atoms with E-state index in [0.717, 1.165) is 0 Å². The second kappa shape index (κ2) is 8.45. The smallest absolute Gasteiger partial charge is 0.233 e. The molecule has 5 heteroatoms. The minimum Gasteiger partial charge on any atom is -0.382 e. The van der Waals surface area contributed by atoms with Crippen LogP contribution in [0.15, 0.2) is 0 Å². The molecule has 0 aromatic carbocycles. The van der Waals surface area contributed by atoms with E-state index in [4.69, 9.17) is 15.3 Å². The number of amides is 1. The van der Waals surface area contributed by atoms with Crippen molar-refractivity contribution in [1.82, 2.24) is 5.43 Å². The summed E-state index contributed by atoms with van der Waals surface area (Å²) >= 11 is 0. The Labute approximate surface area is 72.2 Å². The number of rotatable bonds is 7. The second-order valence-electron chi connectivity index (χ2n) is 2.28. The summed E-state index contributed by atoms with van der Waals surface area (Å²) in [5.41, 5.74) is 2.05. The zero-order valence-corrected chi connectivity index (χ0v) is 7.34. The highest BCUT2D eigenvalue weighted by Crippen LogP contribution is 1.89. The van der Waals surface area contributed by atoms with Gasteiger partial charge in [0.2, 0.25) is 5.91 Å². The Hall–Kier alpha value is -0.650. The van der Waals surface area contributed by atoms with E-state index in [1.807, 2.05) is 5.43 Å². The topological polar surface area (TPSA) is 73.6 Å². The Bertz CT molecular complexity index is 119. The minimum absolute atomic E-state index is 0.162. The molecule has 0 aliphatic carbocycles. The molecule has 0 atom stereocenters. The van der Waals surface area contributed by atoms with Crippen molar-refractivity contribution in [3.8, 4) is 0 Å². The number of nitrogens with two attached hydrogens (primary N) is 1. The van der Waals surface area contributed by atoms with E-state index in [-0.39, 0.29) is 5.91 Å². The number of nitrogens with one attached hydrogen (secondary N) is 1. The number of ether oxygens (including phenoxy) is 2. The number of carbonyl (C=O) groups is 1. The highest BCUT2D eigenvalue weighted by atomic mass is 16.5. The lowest BCUT2D eigenvalue weighted by molar-refractivity contribution is -0.121. The van der Waals surface area contributed by atoms with Crippen molar-refractivity contribution in [2.45, 2.75) is 12.8 Å². The van der Waals surface area contributed by atoms with Crippen LogP contribution < -0.4 is 11.3 Å². The van der Waals surface area contributed by atoms with Gasteiger partial charge >= 0.3 is 0 Å². The lowest BCUT2D eigenvalue weighted by atomic mass is 10.3. The van der Waals surface area contributed by atoms with Gasteiger partial charge in [0.05, 0.1) is 13.2 Å². The van der Waals surface area contributed by atoms with Crippen molar-refractivity contribution in [3.63, 3.8) is 0 Å². The molecule has 0 saturated carbocycles. The predicted molar refractivity (Wildman–Crippen MR) is 44.3 cm³/mol. The summed E-state index contributed by atoms with van der Waals surface area (Å²) in [5, 5.41) is 0. The molecular weight excluding hydrogens is 160 g/mol. The van der Waals surface area contributed by atoms with Crippen molar-refractivity contribution in [1.29, 1.82) is 0 Å². The van der Waals surface area contributed by atoms with Crippen molar-refractivity contribution < 1.29 is 14.3 Å². The third kappa shape index (κ3) is 7.46. The lowest BCUT2D eigenvalue weighted by Crippen LogP contribution is -2.29. The zero-order valence-electron chi connectivity index (χ0n) is 7.34. The number of hydrogen-bond donors (Lipinski definition) is 2. The second-order valence-corrected chi connectivity index (χ2v) is 2.28. The van der Waals surface area contributed by atoms with Crippen LogP contribution in [0.4, 0.5) is 0 Å². The van der Waals surface area contributed by atoms with Gasteiger partial charge in [-0.25, -0.2) is 5.84 Å². The summed E-state index contributed by atoms with van der Waals surface area (Å²) in [5.74, 6) is 4.71. The first-order chi connectivity index (χ1) is 5.81. The highest BCUT2D eigenvalue weighted by Gasteiger charge is 1.96. The van der Waals surface area contributed by atoms with Crippen LogP contribution in [0.5, 0.6) is 0 Å². The van der Waals surface area contributed by atoms with Gasteiger partial charge in [0.1, 0.15) is 0 Å². The normalized spacial score (nSPS) is 9.83. The first-order valence-corrected chi connectivity index (χ1v) is 3.87. The molecule has 0 heterocycles. The summed E-state index contributed by atoms with van der Waals surface area (Å²) in [4.78, 5) is 10.6. The molecule has 3 N–H and O–H groups in total. The minimum atomic E-state index is -0.162. The standard InChI is InChI=1S/C7H16N2O3/c1-11-5-6-12-4-2-3-7(10)9-8/h2-6,8H2,1H3,(H,9,10). The molecule has 0 spiro atoms. The summed E-state index contributed by atoms with van der Waals surface area (Å²) < 4.78 is 9.89. The van der Waals surface area contributed by atoms with Gasteiger partial charge in [0.25, 0.3) is 0 Å². The van der Waals surface area contributed by atoms with Gasteiger partial charge in [-0.3, -0.25) is 10.2 Å². The van der Waals surface area contributed by atoms with Crippen molar-refractivity contribution in [2.75, 3.05) is 26.9 Å². The number of carbonyl (C=O) groups excluding carboxylic acids is 1. The molecule has 0 radical (unpaired) electrons. The van der Waals surface area contributed by atoms with Crippen molar-refractivity contribution >= 4 is 5.91 Å². The summed E-state index contributed by atoms with van der Waals surface area (Å²) in [6, 6.07) is 0. The molecule has 5 nitrogen and oxygen atoms in total. The Morgan fingerprint density at radius 1 is 1.42 bits per heavy atom. The van der Waals surface area contributed by atoms with Gasteiger partial charge in [0, 0.05) is 20.1 Å².